The first kappa shape index (κ1) is 19.7. The van der Waals surface area contributed by atoms with Crippen LogP contribution in [0, 0.1) is 17.0 Å². The van der Waals surface area contributed by atoms with Gasteiger partial charge in [-0.2, -0.15) is 0 Å². The van der Waals surface area contributed by atoms with Crippen molar-refractivity contribution >= 4 is 15.7 Å². The third-order valence-electron chi connectivity index (χ3n) is 3.59. The highest BCUT2D eigenvalue weighted by atomic mass is 32.2. The Kier molecular flexibility index (Phi) is 6.17. The average Bonchev–Trinajstić information content (AvgIpc) is 2.60. The van der Waals surface area contributed by atoms with E-state index in [1.54, 1.807) is 45.2 Å². The summed E-state index contributed by atoms with van der Waals surface area (Å²) in [7, 11) is -2.36. The summed E-state index contributed by atoms with van der Waals surface area (Å²) in [6.45, 7) is 3.32. The SMILES string of the molecule is COc1ccc(OC[C@H](C)NS(=O)(=O)c2cc([N+](=O)[O-])ccc2C)cc1. The molecule has 0 radical (unpaired) electrons. The van der Waals surface area contributed by atoms with Crippen LogP contribution in [0.4, 0.5) is 5.69 Å². The van der Waals surface area contributed by atoms with Gasteiger partial charge in [0.15, 0.2) is 0 Å². The standard InChI is InChI=1S/C17H20N2O6S/c1-12-4-5-14(19(20)21)10-17(12)26(22,23)18-13(2)11-25-16-8-6-15(24-3)7-9-16/h4-10,13,18H,11H2,1-3H3/t13-/m0/s1. The first-order valence-corrected chi connectivity index (χ1v) is 9.25. The van der Waals surface area contributed by atoms with Gasteiger partial charge in [-0.15, -0.1) is 0 Å². The molecule has 1 atom stereocenters. The van der Waals surface area contributed by atoms with E-state index < -0.39 is 21.0 Å². The Hall–Kier alpha value is -2.65. The zero-order chi connectivity index (χ0) is 19.3. The van der Waals surface area contributed by atoms with Crippen LogP contribution in [0.5, 0.6) is 11.5 Å². The number of aryl methyl sites for hydroxylation is 1. The number of hydrogen-bond donors (Lipinski definition) is 1. The topological polar surface area (TPSA) is 108 Å². The van der Waals surface area contributed by atoms with Crippen LogP contribution in [0.3, 0.4) is 0 Å². The Bertz CT molecular complexity index is 881. The van der Waals surface area contributed by atoms with Gasteiger partial charge in [-0.1, -0.05) is 6.07 Å². The largest absolute Gasteiger partial charge is 0.497 e. The fraction of sp³-hybridized carbons (Fsp3) is 0.294. The minimum absolute atomic E-state index is 0.0968. The zero-order valence-corrected chi connectivity index (χ0v) is 15.4. The maximum atomic E-state index is 12.5. The van der Waals surface area contributed by atoms with Crippen molar-refractivity contribution in [2.24, 2.45) is 0 Å². The van der Waals surface area contributed by atoms with Crippen LogP contribution in [-0.4, -0.2) is 33.1 Å². The van der Waals surface area contributed by atoms with E-state index in [9.17, 15) is 18.5 Å². The lowest BCUT2D eigenvalue weighted by atomic mass is 10.2. The summed E-state index contributed by atoms with van der Waals surface area (Å²) < 4.78 is 38.1. The molecule has 0 fully saturated rings. The first-order valence-electron chi connectivity index (χ1n) is 7.77. The van der Waals surface area contributed by atoms with E-state index in [1.807, 2.05) is 0 Å². The molecule has 0 bridgehead atoms. The normalized spacial score (nSPS) is 12.4. The molecule has 0 saturated heterocycles. The Morgan fingerprint density at radius 3 is 2.35 bits per heavy atom. The van der Waals surface area contributed by atoms with Crippen molar-refractivity contribution in [1.82, 2.24) is 4.72 Å². The van der Waals surface area contributed by atoms with E-state index >= 15 is 0 Å². The molecule has 2 aromatic rings. The van der Waals surface area contributed by atoms with Crippen molar-refractivity contribution in [3.63, 3.8) is 0 Å². The van der Waals surface area contributed by atoms with E-state index in [4.69, 9.17) is 9.47 Å². The molecule has 0 aliphatic heterocycles. The van der Waals surface area contributed by atoms with Gasteiger partial charge in [-0.25, -0.2) is 13.1 Å². The molecule has 0 aromatic heterocycles. The van der Waals surface area contributed by atoms with Crippen LogP contribution in [0.25, 0.3) is 0 Å². The first-order chi connectivity index (χ1) is 12.2. The van der Waals surface area contributed by atoms with Gasteiger partial charge >= 0.3 is 0 Å². The number of nitrogens with zero attached hydrogens (tertiary/aromatic N) is 1. The molecular formula is C17H20N2O6S. The molecule has 0 unspecified atom stereocenters. The Labute approximate surface area is 152 Å². The van der Waals surface area contributed by atoms with E-state index in [-0.39, 0.29) is 17.2 Å². The predicted molar refractivity (Wildman–Crippen MR) is 96.1 cm³/mol. The number of nitrogens with one attached hydrogen (secondary N) is 1. The van der Waals surface area contributed by atoms with E-state index in [2.05, 4.69) is 4.72 Å². The third-order valence-corrected chi connectivity index (χ3v) is 5.32. The average molecular weight is 380 g/mol. The molecule has 0 saturated carbocycles. The van der Waals surface area contributed by atoms with Gasteiger partial charge in [0.2, 0.25) is 10.0 Å². The van der Waals surface area contributed by atoms with Crippen molar-refractivity contribution in [2.45, 2.75) is 24.8 Å². The summed E-state index contributed by atoms with van der Waals surface area (Å²) >= 11 is 0. The highest BCUT2D eigenvalue weighted by molar-refractivity contribution is 7.89. The molecule has 0 spiro atoms. The quantitative estimate of drug-likeness (QED) is 0.557. The van der Waals surface area contributed by atoms with Crippen LogP contribution in [-0.2, 0) is 10.0 Å². The number of hydrogen-bond acceptors (Lipinski definition) is 6. The van der Waals surface area contributed by atoms with Crippen LogP contribution < -0.4 is 14.2 Å². The van der Waals surface area contributed by atoms with E-state index in [1.165, 1.54) is 12.1 Å². The van der Waals surface area contributed by atoms with Gasteiger partial charge < -0.3 is 9.47 Å². The number of sulfonamides is 1. The van der Waals surface area contributed by atoms with Gasteiger partial charge in [-0.3, -0.25) is 10.1 Å². The van der Waals surface area contributed by atoms with Gasteiger partial charge in [-0.05, 0) is 43.7 Å². The fourth-order valence-electron chi connectivity index (χ4n) is 2.25. The molecule has 8 nitrogen and oxygen atoms in total. The summed E-state index contributed by atoms with van der Waals surface area (Å²) in [4.78, 5) is 10.1. The van der Waals surface area contributed by atoms with Gasteiger partial charge in [0, 0.05) is 12.1 Å². The molecular weight excluding hydrogens is 360 g/mol. The van der Waals surface area contributed by atoms with Crippen molar-refractivity contribution < 1.29 is 22.8 Å². The molecule has 2 rings (SSSR count). The molecule has 0 amide bonds. The van der Waals surface area contributed by atoms with Gasteiger partial charge in [0.05, 0.1) is 23.0 Å². The number of methoxy groups -OCH3 is 1. The van der Waals surface area contributed by atoms with Crippen molar-refractivity contribution in [1.29, 1.82) is 0 Å². The molecule has 2 aromatic carbocycles. The molecule has 0 heterocycles. The van der Waals surface area contributed by atoms with Crippen LogP contribution in [0.15, 0.2) is 47.4 Å². The van der Waals surface area contributed by atoms with E-state index in [0.717, 1.165) is 6.07 Å². The molecule has 0 aliphatic rings. The second-order valence-electron chi connectivity index (χ2n) is 5.72. The van der Waals surface area contributed by atoms with Crippen molar-refractivity contribution in [2.75, 3.05) is 13.7 Å². The molecule has 9 heteroatoms. The molecule has 1 N–H and O–H groups in total. The second-order valence-corrected chi connectivity index (χ2v) is 7.40. The lowest BCUT2D eigenvalue weighted by Gasteiger charge is -2.16. The fourth-order valence-corrected chi connectivity index (χ4v) is 3.74. The van der Waals surface area contributed by atoms with E-state index in [0.29, 0.717) is 17.1 Å². The summed E-state index contributed by atoms with van der Waals surface area (Å²) in [6.07, 6.45) is 0. The van der Waals surface area contributed by atoms with Crippen molar-refractivity contribution in [3.05, 3.63) is 58.1 Å². The maximum absolute atomic E-state index is 12.5. The molecule has 26 heavy (non-hydrogen) atoms. The Morgan fingerprint density at radius 2 is 1.77 bits per heavy atom. The number of benzene rings is 2. The third kappa shape index (κ3) is 4.93. The van der Waals surface area contributed by atoms with Crippen LogP contribution in [0.1, 0.15) is 12.5 Å². The predicted octanol–water partition coefficient (Wildman–Crippen LogP) is 2.66. The van der Waals surface area contributed by atoms with Crippen LogP contribution >= 0.6 is 0 Å². The Morgan fingerprint density at radius 1 is 1.15 bits per heavy atom. The minimum Gasteiger partial charge on any atom is -0.497 e. The highest BCUT2D eigenvalue weighted by Gasteiger charge is 2.22. The Balaban J connectivity index is 2.06. The smallest absolute Gasteiger partial charge is 0.270 e. The highest BCUT2D eigenvalue weighted by Crippen LogP contribution is 2.22. The minimum atomic E-state index is -3.92. The number of ether oxygens (including phenoxy) is 2. The summed E-state index contributed by atoms with van der Waals surface area (Å²) in [5, 5.41) is 10.9. The monoisotopic (exact) mass is 380 g/mol. The number of nitro groups is 1. The van der Waals surface area contributed by atoms with Crippen LogP contribution in [0.2, 0.25) is 0 Å². The number of rotatable bonds is 8. The summed E-state index contributed by atoms with van der Waals surface area (Å²) in [5.41, 5.74) is 0.143. The summed E-state index contributed by atoms with van der Waals surface area (Å²) in [6, 6.07) is 10.1. The molecule has 0 aliphatic carbocycles. The second kappa shape index (κ2) is 8.15. The number of non-ortho nitro benzene ring substituents is 1. The summed E-state index contributed by atoms with van der Waals surface area (Å²) in [5.74, 6) is 1.26. The number of nitro benzene ring substituents is 1. The lowest BCUT2D eigenvalue weighted by Crippen LogP contribution is -2.37. The zero-order valence-electron chi connectivity index (χ0n) is 14.6. The van der Waals surface area contributed by atoms with Crippen molar-refractivity contribution in [3.8, 4) is 11.5 Å². The lowest BCUT2D eigenvalue weighted by molar-refractivity contribution is -0.385. The van der Waals surface area contributed by atoms with Gasteiger partial charge in [0.25, 0.3) is 5.69 Å². The maximum Gasteiger partial charge on any atom is 0.270 e. The molecule has 140 valence electrons. The van der Waals surface area contributed by atoms with Gasteiger partial charge in [0.1, 0.15) is 18.1 Å².